The van der Waals surface area contributed by atoms with Crippen LogP contribution in [-0.2, 0) is 4.74 Å². The van der Waals surface area contributed by atoms with Crippen molar-refractivity contribution in [2.75, 3.05) is 7.11 Å². The molecule has 0 N–H and O–H groups in total. The van der Waals surface area contributed by atoms with E-state index in [1.165, 1.54) is 0 Å². The molecule has 1 rings (SSSR count). The lowest BCUT2D eigenvalue weighted by Crippen LogP contribution is -2.27. The SMILES string of the molecule is C=CCCC1(OC)CC=CC1. The lowest BCUT2D eigenvalue weighted by atomic mass is 9.95. The quantitative estimate of drug-likeness (QED) is 0.563. The predicted molar refractivity (Wildman–Crippen MR) is 47.5 cm³/mol. The largest absolute Gasteiger partial charge is 0.378 e. The molecular weight excluding hydrogens is 136 g/mol. The molecule has 0 spiro atoms. The number of allylic oxidation sites excluding steroid dienone is 1. The molecule has 0 bridgehead atoms. The van der Waals surface area contributed by atoms with Crippen molar-refractivity contribution in [1.29, 1.82) is 0 Å². The van der Waals surface area contributed by atoms with E-state index in [1.807, 2.05) is 6.08 Å². The second-order valence-electron chi connectivity index (χ2n) is 3.09. The van der Waals surface area contributed by atoms with Crippen molar-refractivity contribution in [2.24, 2.45) is 0 Å². The van der Waals surface area contributed by atoms with E-state index in [0.717, 1.165) is 25.7 Å². The van der Waals surface area contributed by atoms with Gasteiger partial charge in [-0.15, -0.1) is 6.58 Å². The van der Waals surface area contributed by atoms with Crippen LogP contribution >= 0.6 is 0 Å². The molecule has 0 heterocycles. The monoisotopic (exact) mass is 152 g/mol. The van der Waals surface area contributed by atoms with Gasteiger partial charge in [0.2, 0.25) is 0 Å². The first kappa shape index (κ1) is 8.54. The molecule has 62 valence electrons. The summed E-state index contributed by atoms with van der Waals surface area (Å²) in [6, 6.07) is 0. The Hall–Kier alpha value is -0.560. The van der Waals surface area contributed by atoms with Gasteiger partial charge >= 0.3 is 0 Å². The van der Waals surface area contributed by atoms with Gasteiger partial charge in [-0.3, -0.25) is 0 Å². The van der Waals surface area contributed by atoms with Crippen LogP contribution in [-0.4, -0.2) is 12.7 Å². The Balaban J connectivity index is 2.41. The molecule has 0 amide bonds. The molecule has 0 unspecified atom stereocenters. The Morgan fingerprint density at radius 3 is 2.64 bits per heavy atom. The van der Waals surface area contributed by atoms with Gasteiger partial charge in [0, 0.05) is 7.11 Å². The van der Waals surface area contributed by atoms with Crippen molar-refractivity contribution < 1.29 is 4.74 Å². The molecule has 1 aliphatic rings. The Labute approximate surface area is 68.8 Å². The maximum Gasteiger partial charge on any atom is 0.0750 e. The molecule has 0 aromatic rings. The first-order valence-corrected chi connectivity index (χ1v) is 4.14. The first-order chi connectivity index (χ1) is 5.33. The first-order valence-electron chi connectivity index (χ1n) is 4.14. The molecule has 0 saturated carbocycles. The summed E-state index contributed by atoms with van der Waals surface area (Å²) in [5.74, 6) is 0. The third-order valence-electron chi connectivity index (χ3n) is 2.38. The minimum Gasteiger partial charge on any atom is -0.378 e. The van der Waals surface area contributed by atoms with E-state index in [0.29, 0.717) is 0 Å². The normalized spacial score (nSPS) is 20.5. The third kappa shape index (κ3) is 1.93. The van der Waals surface area contributed by atoms with Crippen LogP contribution in [0.5, 0.6) is 0 Å². The highest BCUT2D eigenvalue weighted by Crippen LogP contribution is 2.31. The summed E-state index contributed by atoms with van der Waals surface area (Å²) < 4.78 is 5.49. The van der Waals surface area contributed by atoms with Crippen LogP contribution in [0.25, 0.3) is 0 Å². The van der Waals surface area contributed by atoms with Gasteiger partial charge in [-0.25, -0.2) is 0 Å². The number of rotatable bonds is 4. The lowest BCUT2D eigenvalue weighted by molar-refractivity contribution is -0.00539. The van der Waals surface area contributed by atoms with Crippen LogP contribution in [0.2, 0.25) is 0 Å². The summed E-state index contributed by atoms with van der Waals surface area (Å²) in [5, 5.41) is 0. The smallest absolute Gasteiger partial charge is 0.0750 e. The highest BCUT2D eigenvalue weighted by molar-refractivity contribution is 5.05. The van der Waals surface area contributed by atoms with Crippen molar-refractivity contribution in [2.45, 2.75) is 31.3 Å². The summed E-state index contributed by atoms with van der Waals surface area (Å²) in [5.41, 5.74) is 0.105. The zero-order valence-corrected chi connectivity index (χ0v) is 7.18. The summed E-state index contributed by atoms with van der Waals surface area (Å²) in [4.78, 5) is 0. The van der Waals surface area contributed by atoms with Crippen LogP contribution in [0.15, 0.2) is 24.8 Å². The average molecular weight is 152 g/mol. The zero-order chi connectivity index (χ0) is 8.16. The summed E-state index contributed by atoms with van der Waals surface area (Å²) >= 11 is 0. The van der Waals surface area contributed by atoms with Gasteiger partial charge < -0.3 is 4.74 Å². The predicted octanol–water partition coefficient (Wildman–Crippen LogP) is 2.69. The van der Waals surface area contributed by atoms with Crippen molar-refractivity contribution in [3.8, 4) is 0 Å². The molecule has 0 aliphatic heterocycles. The molecule has 1 aliphatic carbocycles. The van der Waals surface area contributed by atoms with E-state index in [2.05, 4.69) is 18.7 Å². The molecule has 0 fully saturated rings. The topological polar surface area (TPSA) is 9.23 Å². The van der Waals surface area contributed by atoms with Crippen molar-refractivity contribution in [3.63, 3.8) is 0 Å². The highest BCUT2D eigenvalue weighted by atomic mass is 16.5. The zero-order valence-electron chi connectivity index (χ0n) is 7.18. The maximum absolute atomic E-state index is 5.49. The summed E-state index contributed by atoms with van der Waals surface area (Å²) in [6.45, 7) is 3.71. The minimum absolute atomic E-state index is 0.105. The van der Waals surface area contributed by atoms with Gasteiger partial charge in [0.15, 0.2) is 0 Å². The van der Waals surface area contributed by atoms with Gasteiger partial charge in [-0.2, -0.15) is 0 Å². The van der Waals surface area contributed by atoms with Crippen molar-refractivity contribution in [1.82, 2.24) is 0 Å². The van der Waals surface area contributed by atoms with Crippen LogP contribution < -0.4 is 0 Å². The van der Waals surface area contributed by atoms with Crippen molar-refractivity contribution in [3.05, 3.63) is 24.8 Å². The average Bonchev–Trinajstić information content (AvgIpc) is 2.50. The standard InChI is InChI=1S/C10H16O/c1-3-4-7-10(11-2)8-5-6-9-10/h3,5-6H,1,4,7-9H2,2H3. The molecule has 0 saturated heterocycles. The molecule has 1 nitrogen and oxygen atoms in total. The lowest BCUT2D eigenvalue weighted by Gasteiger charge is -2.26. The molecule has 0 radical (unpaired) electrons. The fourth-order valence-corrected chi connectivity index (χ4v) is 1.52. The molecule has 1 heteroatoms. The van der Waals surface area contributed by atoms with Crippen LogP contribution in [0.3, 0.4) is 0 Å². The number of ether oxygens (including phenoxy) is 1. The van der Waals surface area contributed by atoms with E-state index >= 15 is 0 Å². The molecule has 0 aromatic carbocycles. The van der Waals surface area contributed by atoms with E-state index in [1.54, 1.807) is 7.11 Å². The Morgan fingerprint density at radius 1 is 1.55 bits per heavy atom. The fourth-order valence-electron chi connectivity index (χ4n) is 1.52. The second-order valence-corrected chi connectivity index (χ2v) is 3.09. The Kier molecular flexibility index (Phi) is 2.89. The second kappa shape index (κ2) is 3.72. The van der Waals surface area contributed by atoms with Gasteiger partial charge in [-0.1, -0.05) is 18.2 Å². The number of methoxy groups -OCH3 is 1. The van der Waals surface area contributed by atoms with E-state index in [4.69, 9.17) is 4.74 Å². The summed E-state index contributed by atoms with van der Waals surface area (Å²) in [7, 11) is 1.80. The minimum atomic E-state index is 0.105. The van der Waals surface area contributed by atoms with Crippen LogP contribution in [0.4, 0.5) is 0 Å². The van der Waals surface area contributed by atoms with E-state index in [9.17, 15) is 0 Å². The number of hydrogen-bond acceptors (Lipinski definition) is 1. The van der Waals surface area contributed by atoms with Crippen molar-refractivity contribution >= 4 is 0 Å². The summed E-state index contributed by atoms with van der Waals surface area (Å²) in [6.07, 6.45) is 10.6. The molecular formula is C10H16O. The van der Waals surface area contributed by atoms with Crippen LogP contribution in [0.1, 0.15) is 25.7 Å². The molecule has 0 atom stereocenters. The Morgan fingerprint density at radius 2 is 2.18 bits per heavy atom. The van der Waals surface area contributed by atoms with E-state index < -0.39 is 0 Å². The number of hydrogen-bond donors (Lipinski definition) is 0. The Bertz CT molecular complexity index is 150. The van der Waals surface area contributed by atoms with Crippen LogP contribution in [0, 0.1) is 0 Å². The highest BCUT2D eigenvalue weighted by Gasteiger charge is 2.29. The van der Waals surface area contributed by atoms with Gasteiger partial charge in [0.1, 0.15) is 0 Å². The maximum atomic E-state index is 5.49. The van der Waals surface area contributed by atoms with Gasteiger partial charge in [0.25, 0.3) is 0 Å². The third-order valence-corrected chi connectivity index (χ3v) is 2.38. The fraction of sp³-hybridized carbons (Fsp3) is 0.600. The van der Waals surface area contributed by atoms with E-state index in [-0.39, 0.29) is 5.60 Å². The van der Waals surface area contributed by atoms with Gasteiger partial charge in [0.05, 0.1) is 5.60 Å². The van der Waals surface area contributed by atoms with Gasteiger partial charge in [-0.05, 0) is 25.7 Å². The molecule has 0 aromatic heterocycles. The molecule has 11 heavy (non-hydrogen) atoms.